The van der Waals surface area contributed by atoms with Gasteiger partial charge in [0.25, 0.3) is 0 Å². The molecule has 96 valence electrons. The highest BCUT2D eigenvalue weighted by Gasteiger charge is 2.21. The molecule has 0 atom stereocenters. The summed E-state index contributed by atoms with van der Waals surface area (Å²) in [7, 11) is 0. The van der Waals surface area contributed by atoms with Gasteiger partial charge in [-0.25, -0.2) is 4.98 Å². The van der Waals surface area contributed by atoms with Crippen LogP contribution in [-0.4, -0.2) is 22.8 Å². The monoisotopic (exact) mass is 247 g/mol. The predicted octanol–water partition coefficient (Wildman–Crippen LogP) is 1.39. The molecule has 0 spiro atoms. The van der Waals surface area contributed by atoms with Crippen LogP contribution in [-0.2, 0) is 9.59 Å². The van der Waals surface area contributed by atoms with Gasteiger partial charge in [-0.1, -0.05) is 18.9 Å². The number of nitrogens with one attached hydrogen (secondary N) is 2. The molecule has 1 heterocycles. The van der Waals surface area contributed by atoms with Crippen LogP contribution in [0, 0.1) is 6.92 Å². The van der Waals surface area contributed by atoms with Crippen LogP contribution in [0.5, 0.6) is 0 Å². The normalized spacial score (nSPS) is 15.4. The van der Waals surface area contributed by atoms with E-state index in [0.717, 1.165) is 31.2 Å². The van der Waals surface area contributed by atoms with Crippen LogP contribution >= 0.6 is 0 Å². The number of aryl methyl sites for hydroxylation is 1. The van der Waals surface area contributed by atoms with E-state index in [4.69, 9.17) is 0 Å². The van der Waals surface area contributed by atoms with Crippen LogP contribution in [0.3, 0.4) is 0 Å². The maximum atomic E-state index is 11.6. The second kappa shape index (κ2) is 5.62. The van der Waals surface area contributed by atoms with E-state index in [9.17, 15) is 9.59 Å². The summed E-state index contributed by atoms with van der Waals surface area (Å²) < 4.78 is 0. The van der Waals surface area contributed by atoms with Gasteiger partial charge < -0.3 is 10.6 Å². The van der Waals surface area contributed by atoms with Gasteiger partial charge in [0.05, 0.1) is 0 Å². The lowest BCUT2D eigenvalue weighted by atomic mass is 10.2. The van der Waals surface area contributed by atoms with Crippen molar-refractivity contribution in [3.63, 3.8) is 0 Å². The fourth-order valence-corrected chi connectivity index (χ4v) is 2.04. The van der Waals surface area contributed by atoms with Crippen LogP contribution in [0.1, 0.15) is 31.2 Å². The molecule has 0 unspecified atom stereocenters. The average Bonchev–Trinajstić information content (AvgIpc) is 2.85. The molecule has 0 aromatic carbocycles. The van der Waals surface area contributed by atoms with Crippen LogP contribution in [0.2, 0.25) is 0 Å². The van der Waals surface area contributed by atoms with Crippen molar-refractivity contribution in [1.29, 1.82) is 0 Å². The summed E-state index contributed by atoms with van der Waals surface area (Å²) >= 11 is 0. The van der Waals surface area contributed by atoms with Gasteiger partial charge in [-0.2, -0.15) is 0 Å². The summed E-state index contributed by atoms with van der Waals surface area (Å²) in [5, 5.41) is 5.21. The highest BCUT2D eigenvalue weighted by atomic mass is 16.2. The molecular formula is C13H17N3O2. The van der Waals surface area contributed by atoms with Crippen molar-refractivity contribution in [3.8, 4) is 0 Å². The lowest BCUT2D eigenvalue weighted by molar-refractivity contribution is -0.136. The number of anilines is 1. The van der Waals surface area contributed by atoms with Crippen LogP contribution < -0.4 is 10.6 Å². The summed E-state index contributed by atoms with van der Waals surface area (Å²) in [6.45, 7) is 1.91. The lowest BCUT2D eigenvalue weighted by Crippen LogP contribution is -2.40. The number of carbonyl (C=O) groups excluding carboxylic acids is 2. The van der Waals surface area contributed by atoms with Gasteiger partial charge in [0.15, 0.2) is 0 Å². The van der Waals surface area contributed by atoms with E-state index in [-0.39, 0.29) is 6.04 Å². The molecule has 0 saturated heterocycles. The van der Waals surface area contributed by atoms with Crippen molar-refractivity contribution in [1.82, 2.24) is 10.3 Å². The average molecular weight is 247 g/mol. The standard InChI is InChI=1S/C13H17N3O2/c1-9-6-7-11(14-8-9)16-13(18)12(17)15-10-4-2-3-5-10/h6-8,10H,2-5H2,1H3,(H,15,17)(H,14,16,18). The highest BCUT2D eigenvalue weighted by Crippen LogP contribution is 2.17. The quantitative estimate of drug-likeness (QED) is 0.776. The van der Waals surface area contributed by atoms with Gasteiger partial charge in [-0.05, 0) is 31.4 Å². The van der Waals surface area contributed by atoms with Crippen LogP contribution in [0.25, 0.3) is 0 Å². The zero-order chi connectivity index (χ0) is 13.0. The van der Waals surface area contributed by atoms with E-state index in [1.54, 1.807) is 12.3 Å². The third-order valence-electron chi connectivity index (χ3n) is 3.05. The number of rotatable bonds is 2. The Bertz CT molecular complexity index is 436. The van der Waals surface area contributed by atoms with Crippen LogP contribution in [0.15, 0.2) is 18.3 Å². The SMILES string of the molecule is Cc1ccc(NC(=O)C(=O)NC2CCCC2)nc1. The maximum absolute atomic E-state index is 11.6. The zero-order valence-electron chi connectivity index (χ0n) is 10.4. The largest absolute Gasteiger partial charge is 0.345 e. The van der Waals surface area contributed by atoms with E-state index >= 15 is 0 Å². The molecule has 2 amide bonds. The first-order valence-electron chi connectivity index (χ1n) is 6.19. The Kier molecular flexibility index (Phi) is 3.92. The number of aromatic nitrogens is 1. The molecular weight excluding hydrogens is 230 g/mol. The Morgan fingerprint density at radius 1 is 1.22 bits per heavy atom. The number of hydrogen-bond acceptors (Lipinski definition) is 3. The number of amides is 2. The Balaban J connectivity index is 1.86. The molecule has 0 bridgehead atoms. The third-order valence-corrected chi connectivity index (χ3v) is 3.05. The minimum atomic E-state index is -0.654. The van der Waals surface area contributed by atoms with Crippen molar-refractivity contribution in [3.05, 3.63) is 23.9 Å². The second-order valence-corrected chi connectivity index (χ2v) is 4.63. The fraction of sp³-hybridized carbons (Fsp3) is 0.462. The predicted molar refractivity (Wildman–Crippen MR) is 68.0 cm³/mol. The van der Waals surface area contributed by atoms with Gasteiger partial charge >= 0.3 is 11.8 Å². The molecule has 1 saturated carbocycles. The molecule has 18 heavy (non-hydrogen) atoms. The zero-order valence-corrected chi connectivity index (χ0v) is 10.4. The minimum Gasteiger partial charge on any atom is -0.345 e. The maximum Gasteiger partial charge on any atom is 0.314 e. The molecule has 1 fully saturated rings. The Labute approximate surface area is 106 Å². The van der Waals surface area contributed by atoms with Crippen molar-refractivity contribution in [2.75, 3.05) is 5.32 Å². The summed E-state index contributed by atoms with van der Waals surface area (Å²) in [5.74, 6) is -0.838. The Morgan fingerprint density at radius 3 is 2.56 bits per heavy atom. The van der Waals surface area contributed by atoms with Gasteiger partial charge in [-0.15, -0.1) is 0 Å². The fourth-order valence-electron chi connectivity index (χ4n) is 2.04. The van der Waals surface area contributed by atoms with Crippen molar-refractivity contribution in [2.45, 2.75) is 38.6 Å². The van der Waals surface area contributed by atoms with Gasteiger partial charge in [0.2, 0.25) is 0 Å². The number of hydrogen-bond donors (Lipinski definition) is 2. The first-order chi connectivity index (χ1) is 8.65. The molecule has 0 aliphatic heterocycles. The smallest absolute Gasteiger partial charge is 0.314 e. The summed E-state index contributed by atoms with van der Waals surface area (Å²) in [6, 6.07) is 3.65. The third kappa shape index (κ3) is 3.29. The lowest BCUT2D eigenvalue weighted by Gasteiger charge is -2.11. The summed E-state index contributed by atoms with van der Waals surface area (Å²) in [5.41, 5.74) is 1.00. The number of pyridine rings is 1. The first kappa shape index (κ1) is 12.5. The van der Waals surface area contributed by atoms with Gasteiger partial charge in [0.1, 0.15) is 5.82 Å². The molecule has 2 rings (SSSR count). The Hall–Kier alpha value is -1.91. The van der Waals surface area contributed by atoms with E-state index in [1.165, 1.54) is 0 Å². The molecule has 2 N–H and O–H groups in total. The number of carbonyl (C=O) groups is 2. The van der Waals surface area contributed by atoms with Gasteiger partial charge in [-0.3, -0.25) is 9.59 Å². The minimum absolute atomic E-state index is 0.147. The first-order valence-corrected chi connectivity index (χ1v) is 6.19. The second-order valence-electron chi connectivity index (χ2n) is 4.63. The van der Waals surface area contributed by atoms with E-state index < -0.39 is 11.8 Å². The highest BCUT2D eigenvalue weighted by molar-refractivity contribution is 6.39. The van der Waals surface area contributed by atoms with Crippen molar-refractivity contribution >= 4 is 17.6 Å². The summed E-state index contributed by atoms with van der Waals surface area (Å²) in [4.78, 5) is 27.3. The van der Waals surface area contributed by atoms with Crippen molar-refractivity contribution < 1.29 is 9.59 Å². The molecule has 0 radical (unpaired) electrons. The van der Waals surface area contributed by atoms with Crippen molar-refractivity contribution in [2.24, 2.45) is 0 Å². The molecule has 1 aliphatic rings. The topological polar surface area (TPSA) is 71.1 Å². The number of nitrogens with zero attached hydrogens (tertiary/aromatic N) is 1. The molecule has 1 aromatic rings. The van der Waals surface area contributed by atoms with E-state index in [2.05, 4.69) is 15.6 Å². The van der Waals surface area contributed by atoms with E-state index in [0.29, 0.717) is 5.82 Å². The van der Waals surface area contributed by atoms with Crippen LogP contribution in [0.4, 0.5) is 5.82 Å². The molecule has 1 aromatic heterocycles. The molecule has 1 aliphatic carbocycles. The molecule has 5 nitrogen and oxygen atoms in total. The Morgan fingerprint density at radius 2 is 1.94 bits per heavy atom. The van der Waals surface area contributed by atoms with E-state index in [1.807, 2.05) is 13.0 Å². The van der Waals surface area contributed by atoms with Gasteiger partial charge in [0, 0.05) is 12.2 Å². The summed E-state index contributed by atoms with van der Waals surface area (Å²) in [6.07, 6.45) is 5.80. The molecule has 5 heteroatoms.